The largest absolute Gasteiger partial charge is 0.504 e. The van der Waals surface area contributed by atoms with Gasteiger partial charge in [0.15, 0.2) is 5.75 Å². The molecule has 0 fully saturated rings. The van der Waals surface area contributed by atoms with Gasteiger partial charge in [0.05, 0.1) is 25.3 Å². The fraction of sp³-hybridized carbons (Fsp3) is 0.412. The normalized spacial score (nSPS) is 14.7. The molecule has 1 atom stereocenters. The van der Waals surface area contributed by atoms with E-state index in [1.54, 1.807) is 14.0 Å². The van der Waals surface area contributed by atoms with Crippen LogP contribution in [-0.2, 0) is 24.7 Å². The maximum atomic E-state index is 12.2. The van der Waals surface area contributed by atoms with Crippen LogP contribution in [0.5, 0.6) is 11.5 Å². The summed E-state index contributed by atoms with van der Waals surface area (Å²) in [5, 5.41) is 16.8. The lowest BCUT2D eigenvalue weighted by atomic mass is 10.0. The smallest absolute Gasteiger partial charge is 0.224 e. The minimum absolute atomic E-state index is 0.0891. The lowest BCUT2D eigenvalue weighted by Gasteiger charge is -2.18. The lowest BCUT2D eigenvalue weighted by molar-refractivity contribution is -0.121. The molecule has 0 saturated heterocycles. The molecular formula is C17H21N3O3. The Morgan fingerprint density at radius 3 is 3.09 bits per heavy atom. The quantitative estimate of drug-likeness (QED) is 0.903. The van der Waals surface area contributed by atoms with E-state index in [-0.39, 0.29) is 17.7 Å². The number of carbonyl (C=O) groups excluding carboxylic acids is 1. The molecule has 6 heteroatoms. The van der Waals surface area contributed by atoms with Crippen LogP contribution in [0.15, 0.2) is 24.4 Å². The predicted molar refractivity (Wildman–Crippen MR) is 85.4 cm³/mol. The number of aryl methyl sites for hydroxylation is 2. The number of benzene rings is 1. The van der Waals surface area contributed by atoms with Gasteiger partial charge in [0.25, 0.3) is 0 Å². The highest BCUT2D eigenvalue weighted by atomic mass is 16.5. The molecular weight excluding hydrogens is 294 g/mol. The Labute approximate surface area is 135 Å². The lowest BCUT2D eigenvalue weighted by Crippen LogP contribution is -2.28. The van der Waals surface area contributed by atoms with Crippen LogP contribution in [0.4, 0.5) is 0 Å². The van der Waals surface area contributed by atoms with Crippen molar-refractivity contribution in [1.29, 1.82) is 0 Å². The summed E-state index contributed by atoms with van der Waals surface area (Å²) in [4.78, 5) is 12.2. The summed E-state index contributed by atoms with van der Waals surface area (Å²) in [6, 6.07) is 5.55. The van der Waals surface area contributed by atoms with E-state index >= 15 is 0 Å². The highest BCUT2D eigenvalue weighted by molar-refractivity contribution is 5.79. The molecule has 1 aromatic heterocycles. The number of ether oxygens (including phenoxy) is 1. The Kier molecular flexibility index (Phi) is 4.23. The third-order valence-electron chi connectivity index (χ3n) is 3.96. The van der Waals surface area contributed by atoms with Gasteiger partial charge in [-0.05, 0) is 37.0 Å². The summed E-state index contributed by atoms with van der Waals surface area (Å²) in [5.74, 6) is 0.914. The number of nitrogens with one attached hydrogen (secondary N) is 1. The Morgan fingerprint density at radius 1 is 1.52 bits per heavy atom. The molecule has 2 N–H and O–H groups in total. The Hall–Kier alpha value is -2.50. The summed E-state index contributed by atoms with van der Waals surface area (Å²) >= 11 is 0. The summed E-state index contributed by atoms with van der Waals surface area (Å²) < 4.78 is 7.11. The second kappa shape index (κ2) is 6.32. The molecule has 0 aliphatic carbocycles. The molecule has 1 aliphatic heterocycles. The molecule has 0 saturated carbocycles. The molecule has 23 heavy (non-hydrogen) atoms. The highest BCUT2D eigenvalue weighted by Crippen LogP contribution is 2.26. The minimum atomic E-state index is -0.343. The first-order chi connectivity index (χ1) is 11.0. The maximum Gasteiger partial charge on any atom is 0.224 e. The van der Waals surface area contributed by atoms with Crippen molar-refractivity contribution in [2.45, 2.75) is 32.2 Å². The van der Waals surface area contributed by atoms with E-state index in [1.807, 2.05) is 18.2 Å². The SMILES string of the molecule is CC(NC(=O)Cc1ccc2c(c1)CCCO2)c1nn(C)cc1O. The van der Waals surface area contributed by atoms with Gasteiger partial charge in [-0.25, -0.2) is 0 Å². The van der Waals surface area contributed by atoms with Gasteiger partial charge in [-0.3, -0.25) is 9.48 Å². The molecule has 1 aliphatic rings. The van der Waals surface area contributed by atoms with Crippen LogP contribution in [0.1, 0.15) is 36.2 Å². The molecule has 2 aromatic rings. The Bertz CT molecular complexity index is 724. The molecule has 1 aromatic carbocycles. The topological polar surface area (TPSA) is 76.4 Å². The second-order valence-electron chi connectivity index (χ2n) is 5.93. The van der Waals surface area contributed by atoms with Crippen molar-refractivity contribution in [1.82, 2.24) is 15.1 Å². The van der Waals surface area contributed by atoms with Gasteiger partial charge in [0.2, 0.25) is 5.91 Å². The third kappa shape index (κ3) is 3.47. The first kappa shape index (κ1) is 15.4. The van der Waals surface area contributed by atoms with Gasteiger partial charge in [-0.15, -0.1) is 0 Å². The Balaban J connectivity index is 1.64. The zero-order chi connectivity index (χ0) is 16.4. The van der Waals surface area contributed by atoms with Crippen molar-refractivity contribution < 1.29 is 14.6 Å². The van der Waals surface area contributed by atoms with Crippen molar-refractivity contribution in [2.24, 2.45) is 7.05 Å². The average Bonchev–Trinajstić information content (AvgIpc) is 2.85. The van der Waals surface area contributed by atoms with Gasteiger partial charge in [-0.1, -0.05) is 12.1 Å². The van der Waals surface area contributed by atoms with Crippen LogP contribution in [0.3, 0.4) is 0 Å². The molecule has 0 bridgehead atoms. The number of hydrogen-bond acceptors (Lipinski definition) is 4. The van der Waals surface area contributed by atoms with E-state index in [9.17, 15) is 9.90 Å². The average molecular weight is 315 g/mol. The Morgan fingerprint density at radius 2 is 2.35 bits per heavy atom. The van der Waals surface area contributed by atoms with Crippen molar-refractivity contribution >= 4 is 5.91 Å². The monoisotopic (exact) mass is 315 g/mol. The van der Waals surface area contributed by atoms with Crippen LogP contribution >= 0.6 is 0 Å². The van der Waals surface area contributed by atoms with E-state index in [0.717, 1.165) is 36.3 Å². The zero-order valence-electron chi connectivity index (χ0n) is 13.4. The molecule has 3 rings (SSSR count). The number of nitrogens with zero attached hydrogens (tertiary/aromatic N) is 2. The van der Waals surface area contributed by atoms with Crippen LogP contribution in [-0.4, -0.2) is 27.4 Å². The van der Waals surface area contributed by atoms with Gasteiger partial charge in [-0.2, -0.15) is 5.10 Å². The van der Waals surface area contributed by atoms with E-state index in [4.69, 9.17) is 4.74 Å². The fourth-order valence-electron chi connectivity index (χ4n) is 2.87. The number of aromatic nitrogens is 2. The summed E-state index contributed by atoms with van der Waals surface area (Å²) in [7, 11) is 1.73. The molecule has 122 valence electrons. The van der Waals surface area contributed by atoms with Crippen LogP contribution in [0, 0.1) is 0 Å². The first-order valence-electron chi connectivity index (χ1n) is 7.79. The van der Waals surface area contributed by atoms with Crippen LogP contribution in [0.2, 0.25) is 0 Å². The summed E-state index contributed by atoms with van der Waals surface area (Å²) in [5.41, 5.74) is 2.60. The molecule has 0 radical (unpaired) electrons. The summed E-state index contributed by atoms with van der Waals surface area (Å²) in [6.45, 7) is 2.57. The fourth-order valence-corrected chi connectivity index (χ4v) is 2.87. The van der Waals surface area contributed by atoms with Crippen molar-refractivity contribution in [3.05, 3.63) is 41.2 Å². The predicted octanol–water partition coefficient (Wildman–Crippen LogP) is 1.87. The van der Waals surface area contributed by atoms with Crippen molar-refractivity contribution in [2.75, 3.05) is 6.61 Å². The third-order valence-corrected chi connectivity index (χ3v) is 3.96. The zero-order valence-corrected chi connectivity index (χ0v) is 13.4. The number of hydrogen-bond donors (Lipinski definition) is 2. The molecule has 0 spiro atoms. The van der Waals surface area contributed by atoms with Gasteiger partial charge in [0, 0.05) is 7.05 Å². The highest BCUT2D eigenvalue weighted by Gasteiger charge is 2.17. The maximum absolute atomic E-state index is 12.2. The number of aromatic hydroxyl groups is 1. The molecule has 1 amide bonds. The first-order valence-corrected chi connectivity index (χ1v) is 7.79. The van der Waals surface area contributed by atoms with Gasteiger partial charge in [0.1, 0.15) is 11.4 Å². The number of carbonyl (C=O) groups is 1. The number of rotatable bonds is 4. The second-order valence-corrected chi connectivity index (χ2v) is 5.93. The minimum Gasteiger partial charge on any atom is -0.504 e. The number of fused-ring (bicyclic) bond motifs is 1. The van der Waals surface area contributed by atoms with Crippen molar-refractivity contribution in [3.63, 3.8) is 0 Å². The molecule has 6 nitrogen and oxygen atoms in total. The van der Waals surface area contributed by atoms with Gasteiger partial charge < -0.3 is 15.2 Å². The van der Waals surface area contributed by atoms with Crippen LogP contribution in [0.25, 0.3) is 0 Å². The summed E-state index contributed by atoms with van der Waals surface area (Å²) in [6.07, 6.45) is 3.81. The van der Waals surface area contributed by atoms with E-state index in [0.29, 0.717) is 12.1 Å². The van der Waals surface area contributed by atoms with Gasteiger partial charge >= 0.3 is 0 Å². The van der Waals surface area contributed by atoms with E-state index in [1.165, 1.54) is 10.9 Å². The van der Waals surface area contributed by atoms with Crippen LogP contribution < -0.4 is 10.1 Å². The van der Waals surface area contributed by atoms with E-state index in [2.05, 4.69) is 10.4 Å². The molecule has 1 unspecified atom stereocenters. The molecule has 2 heterocycles. The standard InChI is InChI=1S/C17H21N3O3/c1-11(17-14(21)10-20(2)19-17)18-16(22)9-12-5-6-15-13(8-12)4-3-7-23-15/h5-6,8,10-11,21H,3-4,7,9H2,1-2H3,(H,18,22). The van der Waals surface area contributed by atoms with Crippen molar-refractivity contribution in [3.8, 4) is 11.5 Å². The number of amides is 1. The van der Waals surface area contributed by atoms with E-state index < -0.39 is 0 Å².